The first-order valence-electron chi connectivity index (χ1n) is 7.61. The van der Waals surface area contributed by atoms with Gasteiger partial charge in [0.15, 0.2) is 0 Å². The van der Waals surface area contributed by atoms with Gasteiger partial charge in [-0.05, 0) is 50.8 Å². The number of anilines is 1. The van der Waals surface area contributed by atoms with Crippen LogP contribution >= 0.6 is 0 Å². The molecule has 0 saturated heterocycles. The predicted molar refractivity (Wildman–Crippen MR) is 80.4 cm³/mol. The molecule has 1 saturated carbocycles. The summed E-state index contributed by atoms with van der Waals surface area (Å²) in [5.74, 6) is -1.07. The number of aliphatic hydroxyl groups excluding tert-OH is 1. The molecule has 0 aromatic heterocycles. The molecule has 2 rings (SSSR count). The van der Waals surface area contributed by atoms with Crippen LogP contribution in [0.4, 0.5) is 14.5 Å². The van der Waals surface area contributed by atoms with Gasteiger partial charge in [-0.3, -0.25) is 0 Å². The number of halogens is 2. The Kier molecular flexibility index (Phi) is 5.53. The zero-order chi connectivity index (χ0) is 15.4. The molecule has 0 amide bonds. The van der Waals surface area contributed by atoms with E-state index in [1.54, 1.807) is 4.90 Å². The summed E-state index contributed by atoms with van der Waals surface area (Å²) in [6.45, 7) is 4.71. The van der Waals surface area contributed by atoms with E-state index in [1.807, 2.05) is 13.8 Å². The Morgan fingerprint density at radius 1 is 1.29 bits per heavy atom. The summed E-state index contributed by atoms with van der Waals surface area (Å²) in [4.78, 5) is 1.67. The van der Waals surface area contributed by atoms with E-state index in [-0.39, 0.29) is 18.3 Å². The van der Waals surface area contributed by atoms with Crippen molar-refractivity contribution in [3.05, 3.63) is 29.3 Å². The minimum atomic E-state index is -0.533. The van der Waals surface area contributed by atoms with Crippen molar-refractivity contribution >= 4 is 5.69 Å². The molecule has 0 bridgehead atoms. The Morgan fingerprint density at radius 2 is 1.90 bits per heavy atom. The lowest BCUT2D eigenvalue weighted by atomic mass is 10.1. The maximum Gasteiger partial charge on any atom is 0.149 e. The van der Waals surface area contributed by atoms with E-state index in [0.29, 0.717) is 31.1 Å². The van der Waals surface area contributed by atoms with Crippen LogP contribution in [0.15, 0.2) is 12.1 Å². The topological polar surface area (TPSA) is 35.5 Å². The summed E-state index contributed by atoms with van der Waals surface area (Å²) >= 11 is 0. The number of hydrogen-bond acceptors (Lipinski definition) is 3. The number of aliphatic hydroxyl groups is 1. The molecule has 0 heterocycles. The molecule has 1 aliphatic rings. The van der Waals surface area contributed by atoms with Crippen LogP contribution in [0.25, 0.3) is 0 Å². The number of benzene rings is 1. The molecule has 0 unspecified atom stereocenters. The second-order valence-electron chi connectivity index (χ2n) is 5.93. The van der Waals surface area contributed by atoms with Gasteiger partial charge in [-0.1, -0.05) is 0 Å². The minimum absolute atomic E-state index is 0.00798. The minimum Gasteiger partial charge on any atom is -0.396 e. The number of nitrogens with one attached hydrogen (secondary N) is 1. The first-order chi connectivity index (χ1) is 10.0. The van der Waals surface area contributed by atoms with Gasteiger partial charge in [0.1, 0.15) is 17.3 Å². The van der Waals surface area contributed by atoms with Crippen molar-refractivity contribution in [3.63, 3.8) is 0 Å². The van der Waals surface area contributed by atoms with Crippen molar-refractivity contribution < 1.29 is 13.9 Å². The molecule has 21 heavy (non-hydrogen) atoms. The third-order valence-electron chi connectivity index (χ3n) is 3.72. The summed E-state index contributed by atoms with van der Waals surface area (Å²) in [5.41, 5.74) is 0.639. The molecule has 0 radical (unpaired) electrons. The highest BCUT2D eigenvalue weighted by Crippen LogP contribution is 2.27. The molecule has 3 nitrogen and oxygen atoms in total. The Bertz CT molecular complexity index is 452. The van der Waals surface area contributed by atoms with Gasteiger partial charge in [0.25, 0.3) is 0 Å². The highest BCUT2D eigenvalue weighted by atomic mass is 19.1. The largest absolute Gasteiger partial charge is 0.396 e. The number of rotatable bonds is 8. The van der Waals surface area contributed by atoms with Crippen molar-refractivity contribution in [1.82, 2.24) is 5.32 Å². The number of nitrogens with zero attached hydrogens (tertiary/aromatic N) is 1. The van der Waals surface area contributed by atoms with Crippen LogP contribution in [0.3, 0.4) is 0 Å². The van der Waals surface area contributed by atoms with E-state index in [2.05, 4.69) is 5.32 Å². The van der Waals surface area contributed by atoms with Crippen LogP contribution in [-0.2, 0) is 6.54 Å². The summed E-state index contributed by atoms with van der Waals surface area (Å²) in [7, 11) is 0. The van der Waals surface area contributed by atoms with Crippen LogP contribution < -0.4 is 10.2 Å². The normalized spacial score (nSPS) is 14.8. The standard InChI is InChI=1S/C16H24F2N2O/c1-11(2)20(6-3-7-21)16-14(17)8-12(9-15(16)18)10-19-13-4-5-13/h8-9,11,13,19,21H,3-7,10H2,1-2H3. The number of hydrogen-bond donors (Lipinski definition) is 2. The van der Waals surface area contributed by atoms with E-state index in [1.165, 1.54) is 12.1 Å². The lowest BCUT2D eigenvalue weighted by molar-refractivity contribution is 0.288. The maximum absolute atomic E-state index is 14.3. The Morgan fingerprint density at radius 3 is 2.38 bits per heavy atom. The second-order valence-corrected chi connectivity index (χ2v) is 5.93. The molecule has 1 aromatic rings. The summed E-state index contributed by atoms with van der Waals surface area (Å²) in [5, 5.41) is 12.2. The van der Waals surface area contributed by atoms with Crippen molar-refractivity contribution in [2.24, 2.45) is 0 Å². The highest BCUT2D eigenvalue weighted by molar-refractivity contribution is 5.51. The van der Waals surface area contributed by atoms with Gasteiger partial charge in [0.2, 0.25) is 0 Å². The molecule has 2 N–H and O–H groups in total. The van der Waals surface area contributed by atoms with Gasteiger partial charge in [0.05, 0.1) is 0 Å². The Hall–Kier alpha value is -1.20. The first-order valence-corrected chi connectivity index (χ1v) is 7.61. The van der Waals surface area contributed by atoms with E-state index in [4.69, 9.17) is 5.11 Å². The van der Waals surface area contributed by atoms with Crippen LogP contribution in [0, 0.1) is 11.6 Å². The maximum atomic E-state index is 14.3. The van der Waals surface area contributed by atoms with Crippen LogP contribution in [0.2, 0.25) is 0 Å². The first kappa shape index (κ1) is 16.2. The molecule has 118 valence electrons. The third-order valence-corrected chi connectivity index (χ3v) is 3.72. The van der Waals surface area contributed by atoms with E-state index in [0.717, 1.165) is 12.8 Å². The lowest BCUT2D eigenvalue weighted by Gasteiger charge is -2.29. The van der Waals surface area contributed by atoms with Gasteiger partial charge in [0, 0.05) is 31.8 Å². The average molecular weight is 298 g/mol. The van der Waals surface area contributed by atoms with Gasteiger partial charge < -0.3 is 15.3 Å². The SMILES string of the molecule is CC(C)N(CCCO)c1c(F)cc(CNC2CC2)cc1F. The molecule has 1 aliphatic carbocycles. The van der Waals surface area contributed by atoms with Gasteiger partial charge in [-0.2, -0.15) is 0 Å². The van der Waals surface area contributed by atoms with Crippen molar-refractivity contribution in [2.75, 3.05) is 18.1 Å². The fraction of sp³-hybridized carbons (Fsp3) is 0.625. The molecule has 0 spiro atoms. The molecule has 0 atom stereocenters. The Balaban J connectivity index is 2.16. The predicted octanol–water partition coefficient (Wildman–Crippen LogP) is 2.81. The zero-order valence-electron chi connectivity index (χ0n) is 12.7. The Labute approximate surface area is 125 Å². The monoisotopic (exact) mass is 298 g/mol. The second kappa shape index (κ2) is 7.18. The smallest absolute Gasteiger partial charge is 0.149 e. The fourth-order valence-corrected chi connectivity index (χ4v) is 2.41. The van der Waals surface area contributed by atoms with E-state index < -0.39 is 11.6 Å². The molecule has 0 aliphatic heterocycles. The fourth-order valence-electron chi connectivity index (χ4n) is 2.41. The van der Waals surface area contributed by atoms with Gasteiger partial charge in [-0.15, -0.1) is 0 Å². The van der Waals surface area contributed by atoms with Crippen molar-refractivity contribution in [1.29, 1.82) is 0 Å². The van der Waals surface area contributed by atoms with Gasteiger partial charge >= 0.3 is 0 Å². The molecule has 5 heteroatoms. The van der Waals surface area contributed by atoms with E-state index in [9.17, 15) is 8.78 Å². The van der Waals surface area contributed by atoms with Crippen LogP contribution in [0.1, 0.15) is 38.7 Å². The molecular formula is C16H24F2N2O. The van der Waals surface area contributed by atoms with Crippen molar-refractivity contribution in [3.8, 4) is 0 Å². The zero-order valence-corrected chi connectivity index (χ0v) is 12.7. The van der Waals surface area contributed by atoms with E-state index >= 15 is 0 Å². The van der Waals surface area contributed by atoms with Crippen molar-refractivity contribution in [2.45, 2.75) is 51.7 Å². The lowest BCUT2D eigenvalue weighted by Crippen LogP contribution is -2.34. The van der Waals surface area contributed by atoms with Crippen LogP contribution in [-0.4, -0.2) is 30.3 Å². The quantitative estimate of drug-likeness (QED) is 0.774. The van der Waals surface area contributed by atoms with Crippen LogP contribution in [0.5, 0.6) is 0 Å². The molecular weight excluding hydrogens is 274 g/mol. The molecule has 1 aromatic carbocycles. The average Bonchev–Trinajstić information content (AvgIpc) is 3.23. The summed E-state index contributed by atoms with van der Waals surface area (Å²) in [6, 6.07) is 3.29. The third kappa shape index (κ3) is 4.38. The molecule has 1 fully saturated rings. The summed E-state index contributed by atoms with van der Waals surface area (Å²) < 4.78 is 28.6. The summed E-state index contributed by atoms with van der Waals surface area (Å²) in [6.07, 6.45) is 2.78. The highest BCUT2D eigenvalue weighted by Gasteiger charge is 2.22. The van der Waals surface area contributed by atoms with Gasteiger partial charge in [-0.25, -0.2) is 8.78 Å².